The van der Waals surface area contributed by atoms with Crippen LogP contribution in [0, 0.1) is 0 Å². The van der Waals surface area contributed by atoms with E-state index in [1.54, 1.807) is 41.6 Å². The highest BCUT2D eigenvalue weighted by atomic mass is 16.5. The van der Waals surface area contributed by atoms with Gasteiger partial charge in [0.15, 0.2) is 0 Å². The maximum Gasteiger partial charge on any atom is 0.338 e. The lowest BCUT2D eigenvalue weighted by Gasteiger charge is -2.29. The Hall–Kier alpha value is -6.22. The van der Waals surface area contributed by atoms with Crippen LogP contribution < -0.4 is 16.0 Å². The lowest BCUT2D eigenvalue weighted by Crippen LogP contribution is -2.29. The number of hydrogen-bond donors (Lipinski definition) is 2. The Morgan fingerprint density at radius 3 is 2.21 bits per heavy atom. The SMILES string of the molecule is CC.COC(=O)c1cccc2c1ccn2Cc1cccc(C(=O)Nc2ccc(N3CCCCC3)cc2-c2cc(C(N)=O)ccn2)c1.c1ccc2c(c1)CCCC2. The molecule has 9 nitrogen and oxygen atoms in total. The highest BCUT2D eigenvalue weighted by Crippen LogP contribution is 2.33. The van der Waals surface area contributed by atoms with Crippen LogP contribution in [-0.2, 0) is 24.1 Å². The number of esters is 1. The van der Waals surface area contributed by atoms with Gasteiger partial charge in [-0.1, -0.05) is 56.3 Å². The minimum Gasteiger partial charge on any atom is -0.465 e. The zero-order chi connectivity index (χ0) is 39.4. The minimum atomic E-state index is -0.541. The predicted molar refractivity (Wildman–Crippen MR) is 225 cm³/mol. The molecule has 1 saturated heterocycles. The van der Waals surface area contributed by atoms with E-state index in [0.29, 0.717) is 40.2 Å². The monoisotopic (exact) mass is 749 g/mol. The number of ether oxygens (including phenoxy) is 1. The number of aromatic nitrogens is 2. The Morgan fingerprint density at radius 2 is 1.50 bits per heavy atom. The van der Waals surface area contributed by atoms with Crippen LogP contribution in [0.4, 0.5) is 11.4 Å². The van der Waals surface area contributed by atoms with Crippen LogP contribution in [0.25, 0.3) is 22.2 Å². The number of anilines is 2. The van der Waals surface area contributed by atoms with Crippen LogP contribution in [0.5, 0.6) is 0 Å². The fourth-order valence-electron chi connectivity index (χ4n) is 7.46. The summed E-state index contributed by atoms with van der Waals surface area (Å²) in [6.45, 7) is 6.44. The van der Waals surface area contributed by atoms with Crippen molar-refractivity contribution in [3.63, 3.8) is 0 Å². The van der Waals surface area contributed by atoms with E-state index in [-0.39, 0.29) is 11.9 Å². The number of nitrogens with one attached hydrogen (secondary N) is 1. The van der Waals surface area contributed by atoms with E-state index < -0.39 is 5.91 Å². The number of nitrogens with two attached hydrogens (primary N) is 1. The first-order valence-electron chi connectivity index (χ1n) is 19.7. The summed E-state index contributed by atoms with van der Waals surface area (Å²) < 4.78 is 6.97. The molecule has 0 atom stereocenters. The van der Waals surface area contributed by atoms with Gasteiger partial charge < -0.3 is 25.3 Å². The third-order valence-electron chi connectivity index (χ3n) is 10.3. The maximum atomic E-state index is 13.6. The van der Waals surface area contributed by atoms with Gasteiger partial charge in [0, 0.05) is 65.3 Å². The molecular weight excluding hydrogens is 699 g/mol. The Balaban J connectivity index is 0.000000378. The molecule has 8 rings (SSSR count). The number of aryl methyl sites for hydroxylation is 2. The molecule has 56 heavy (non-hydrogen) atoms. The molecule has 0 saturated carbocycles. The summed E-state index contributed by atoms with van der Waals surface area (Å²) in [7, 11) is 1.37. The van der Waals surface area contributed by atoms with Crippen molar-refractivity contribution in [1.29, 1.82) is 0 Å². The molecule has 4 aromatic carbocycles. The second-order valence-corrected chi connectivity index (χ2v) is 13.9. The Kier molecular flexibility index (Phi) is 13.3. The van der Waals surface area contributed by atoms with Crippen molar-refractivity contribution in [2.45, 2.75) is 65.3 Å². The number of rotatable bonds is 8. The van der Waals surface area contributed by atoms with E-state index in [0.717, 1.165) is 48.1 Å². The number of carbonyl (C=O) groups is 3. The van der Waals surface area contributed by atoms with E-state index in [1.807, 2.05) is 79.2 Å². The van der Waals surface area contributed by atoms with E-state index in [2.05, 4.69) is 39.5 Å². The summed E-state index contributed by atoms with van der Waals surface area (Å²) in [6.07, 6.45) is 12.3. The van der Waals surface area contributed by atoms with Gasteiger partial charge in [-0.05, 0) is 122 Å². The van der Waals surface area contributed by atoms with Crippen LogP contribution in [-0.4, -0.2) is 47.5 Å². The van der Waals surface area contributed by atoms with Gasteiger partial charge in [-0.15, -0.1) is 0 Å². The molecule has 2 aromatic heterocycles. The number of fused-ring (bicyclic) bond motifs is 2. The number of piperidine rings is 1. The van der Waals surface area contributed by atoms with Crippen LogP contribution in [0.15, 0.2) is 116 Å². The fraction of sp³-hybridized carbons (Fsp3) is 0.277. The Bertz CT molecular complexity index is 2280. The average molecular weight is 750 g/mol. The van der Waals surface area contributed by atoms with E-state index in [1.165, 1.54) is 39.2 Å². The fourth-order valence-corrected chi connectivity index (χ4v) is 7.46. The van der Waals surface area contributed by atoms with Crippen molar-refractivity contribution in [3.8, 4) is 11.3 Å². The summed E-state index contributed by atoms with van der Waals surface area (Å²) in [6, 6.07) is 32.8. The Labute approximate surface area is 329 Å². The number of methoxy groups -OCH3 is 1. The van der Waals surface area contributed by atoms with Crippen molar-refractivity contribution >= 4 is 40.1 Å². The lowest BCUT2D eigenvalue weighted by molar-refractivity contribution is 0.0602. The number of pyridine rings is 1. The third-order valence-corrected chi connectivity index (χ3v) is 10.3. The summed E-state index contributed by atoms with van der Waals surface area (Å²) in [5, 5.41) is 3.88. The smallest absolute Gasteiger partial charge is 0.338 e. The molecule has 1 aliphatic carbocycles. The molecule has 288 valence electrons. The highest BCUT2D eigenvalue weighted by Gasteiger charge is 2.18. The maximum absolute atomic E-state index is 13.6. The van der Waals surface area contributed by atoms with Gasteiger partial charge >= 0.3 is 5.97 Å². The van der Waals surface area contributed by atoms with E-state index in [9.17, 15) is 14.4 Å². The molecule has 0 radical (unpaired) electrons. The third kappa shape index (κ3) is 9.34. The summed E-state index contributed by atoms with van der Waals surface area (Å²) >= 11 is 0. The van der Waals surface area contributed by atoms with Gasteiger partial charge in [-0.2, -0.15) is 0 Å². The second kappa shape index (κ2) is 18.9. The van der Waals surface area contributed by atoms with Gasteiger partial charge in [-0.25, -0.2) is 4.79 Å². The molecule has 9 heteroatoms. The van der Waals surface area contributed by atoms with Crippen LogP contribution in [0.2, 0.25) is 0 Å². The van der Waals surface area contributed by atoms with Gasteiger partial charge in [-0.3, -0.25) is 14.6 Å². The molecule has 2 amide bonds. The number of hydrogen-bond acceptors (Lipinski definition) is 6. The first-order chi connectivity index (χ1) is 27.4. The van der Waals surface area contributed by atoms with Crippen LogP contribution in [0.3, 0.4) is 0 Å². The van der Waals surface area contributed by atoms with Crippen molar-refractivity contribution in [2.24, 2.45) is 5.73 Å². The average Bonchev–Trinajstić information content (AvgIpc) is 3.67. The molecule has 6 aromatic rings. The normalized spacial score (nSPS) is 13.3. The van der Waals surface area contributed by atoms with E-state index in [4.69, 9.17) is 10.5 Å². The second-order valence-electron chi connectivity index (χ2n) is 13.9. The molecular formula is C47H51N5O4. The Morgan fingerprint density at radius 1 is 0.768 bits per heavy atom. The van der Waals surface area contributed by atoms with Gasteiger partial charge in [0.05, 0.1) is 24.1 Å². The van der Waals surface area contributed by atoms with Gasteiger partial charge in [0.25, 0.3) is 5.91 Å². The molecule has 2 aliphatic rings. The number of amides is 2. The van der Waals surface area contributed by atoms with Crippen LogP contribution in [0.1, 0.15) is 93.7 Å². The summed E-state index contributed by atoms with van der Waals surface area (Å²) in [4.78, 5) is 44.6. The zero-order valence-corrected chi connectivity index (χ0v) is 32.6. The number of primary amides is 1. The number of nitrogens with zero attached hydrogens (tertiary/aromatic N) is 3. The molecule has 0 spiro atoms. The minimum absolute atomic E-state index is 0.268. The largest absolute Gasteiger partial charge is 0.465 e. The summed E-state index contributed by atoms with van der Waals surface area (Å²) in [5.74, 6) is -1.19. The number of carbonyl (C=O) groups excluding carboxylic acids is 3. The van der Waals surface area contributed by atoms with Crippen molar-refractivity contribution in [1.82, 2.24) is 9.55 Å². The van der Waals surface area contributed by atoms with Gasteiger partial charge in [0.1, 0.15) is 0 Å². The molecule has 3 heterocycles. The summed E-state index contributed by atoms with van der Waals surface area (Å²) in [5.41, 5.74) is 14.8. The zero-order valence-electron chi connectivity index (χ0n) is 32.6. The molecule has 0 unspecified atom stereocenters. The topological polar surface area (TPSA) is 120 Å². The first-order valence-corrected chi connectivity index (χ1v) is 19.7. The highest BCUT2D eigenvalue weighted by molar-refractivity contribution is 6.07. The molecule has 1 aliphatic heterocycles. The van der Waals surface area contributed by atoms with Crippen molar-refractivity contribution in [2.75, 3.05) is 30.4 Å². The number of benzene rings is 4. The standard InChI is InChI=1S/C35H33N5O4.C10H12.C2H6/c1-44-35(43)28-9-6-10-32-27(28)14-18-40(32)22-23-7-5-8-25(19-23)34(42)38-30-12-11-26(39-16-3-2-4-17-39)21-29(30)31-20-24(33(36)41)13-15-37-31;1-2-6-10-8-4-3-7-9(10)5-1;1-2/h5-15,18-21H,2-4,16-17,22H2,1H3,(H2,36,41)(H,38,42);1-2,5-6H,3-4,7-8H2;1-2H3. The quantitative estimate of drug-likeness (QED) is 0.150. The molecule has 0 bridgehead atoms. The van der Waals surface area contributed by atoms with Crippen molar-refractivity contribution in [3.05, 3.63) is 149 Å². The predicted octanol–water partition coefficient (Wildman–Crippen LogP) is 9.47. The van der Waals surface area contributed by atoms with Crippen molar-refractivity contribution < 1.29 is 19.1 Å². The van der Waals surface area contributed by atoms with Crippen LogP contribution >= 0.6 is 0 Å². The first kappa shape index (κ1) is 39.5. The molecule has 1 fully saturated rings. The van der Waals surface area contributed by atoms with Gasteiger partial charge in [0.2, 0.25) is 5.91 Å². The lowest BCUT2D eigenvalue weighted by atomic mass is 9.92. The van der Waals surface area contributed by atoms with E-state index >= 15 is 0 Å². The molecule has 3 N–H and O–H groups in total.